The van der Waals surface area contributed by atoms with Gasteiger partial charge in [0.2, 0.25) is 0 Å². The average Bonchev–Trinajstić information content (AvgIpc) is 3.09. The predicted molar refractivity (Wildman–Crippen MR) is 83.6 cm³/mol. The molecule has 3 rings (SSSR count). The first-order valence-electron chi connectivity index (χ1n) is 8.47. The van der Waals surface area contributed by atoms with Crippen molar-refractivity contribution in [2.24, 2.45) is 17.8 Å². The van der Waals surface area contributed by atoms with Gasteiger partial charge in [-0.25, -0.2) is 0 Å². The van der Waals surface area contributed by atoms with Crippen LogP contribution in [0.15, 0.2) is 24.5 Å². The number of hydrogen-bond acceptors (Lipinski definition) is 2. The maximum absolute atomic E-state index is 4.10. The molecule has 1 aromatic heterocycles. The van der Waals surface area contributed by atoms with Crippen molar-refractivity contribution in [1.29, 1.82) is 0 Å². The zero-order valence-corrected chi connectivity index (χ0v) is 12.7. The van der Waals surface area contributed by atoms with Crippen LogP contribution in [0.1, 0.15) is 51.0 Å². The van der Waals surface area contributed by atoms with Gasteiger partial charge in [0.05, 0.1) is 0 Å². The van der Waals surface area contributed by atoms with E-state index in [-0.39, 0.29) is 0 Å². The van der Waals surface area contributed by atoms with E-state index in [1.54, 1.807) is 0 Å². The van der Waals surface area contributed by atoms with Gasteiger partial charge in [-0.15, -0.1) is 0 Å². The van der Waals surface area contributed by atoms with Gasteiger partial charge in [0.15, 0.2) is 0 Å². The molecule has 1 heterocycles. The van der Waals surface area contributed by atoms with Crippen LogP contribution in [0.25, 0.3) is 0 Å². The second-order valence-corrected chi connectivity index (χ2v) is 6.82. The van der Waals surface area contributed by atoms with E-state index >= 15 is 0 Å². The van der Waals surface area contributed by atoms with E-state index in [4.69, 9.17) is 0 Å². The topological polar surface area (TPSA) is 24.9 Å². The highest BCUT2D eigenvalue weighted by Crippen LogP contribution is 2.50. The number of nitrogens with zero attached hydrogens (tertiary/aromatic N) is 1. The molecule has 110 valence electrons. The lowest BCUT2D eigenvalue weighted by atomic mass is 9.83. The van der Waals surface area contributed by atoms with Gasteiger partial charge in [0.1, 0.15) is 0 Å². The summed E-state index contributed by atoms with van der Waals surface area (Å²) in [6.07, 6.45) is 13.8. The molecule has 2 aliphatic carbocycles. The minimum absolute atomic E-state index is 0.706. The molecule has 2 fully saturated rings. The van der Waals surface area contributed by atoms with Crippen LogP contribution in [0.2, 0.25) is 0 Å². The molecule has 2 bridgehead atoms. The zero-order valence-electron chi connectivity index (χ0n) is 12.7. The van der Waals surface area contributed by atoms with Crippen LogP contribution in [0.4, 0.5) is 0 Å². The Morgan fingerprint density at radius 1 is 1.25 bits per heavy atom. The molecule has 2 saturated carbocycles. The number of aryl methyl sites for hydroxylation is 1. The molecule has 20 heavy (non-hydrogen) atoms. The monoisotopic (exact) mass is 272 g/mol. The summed E-state index contributed by atoms with van der Waals surface area (Å²) in [5, 5.41) is 3.72. The number of nitrogens with one attached hydrogen (secondary N) is 1. The molecular weight excluding hydrogens is 244 g/mol. The Hall–Kier alpha value is -0.890. The first kappa shape index (κ1) is 14.1. The van der Waals surface area contributed by atoms with Gasteiger partial charge in [-0.3, -0.25) is 4.98 Å². The van der Waals surface area contributed by atoms with Crippen molar-refractivity contribution in [2.45, 2.75) is 57.9 Å². The van der Waals surface area contributed by atoms with Gasteiger partial charge in [-0.1, -0.05) is 13.3 Å². The number of pyridine rings is 1. The van der Waals surface area contributed by atoms with Crippen molar-refractivity contribution in [3.05, 3.63) is 30.1 Å². The van der Waals surface area contributed by atoms with E-state index in [1.165, 1.54) is 50.5 Å². The lowest BCUT2D eigenvalue weighted by Gasteiger charge is -2.27. The van der Waals surface area contributed by atoms with Crippen molar-refractivity contribution < 1.29 is 0 Å². The maximum Gasteiger partial charge on any atom is 0.0270 e. The van der Waals surface area contributed by atoms with Gasteiger partial charge in [-0.05, 0) is 80.5 Å². The molecule has 0 radical (unpaired) electrons. The normalized spacial score (nSPS) is 29.8. The fraction of sp³-hybridized carbons (Fsp3) is 0.722. The molecule has 2 heteroatoms. The fourth-order valence-corrected chi connectivity index (χ4v) is 4.51. The SMILES string of the molecule is CCNC(CCc1ccncc1)CC1CC2CCC1C2. The Kier molecular flexibility index (Phi) is 4.72. The highest BCUT2D eigenvalue weighted by Gasteiger charge is 2.39. The van der Waals surface area contributed by atoms with E-state index in [2.05, 4.69) is 29.4 Å². The van der Waals surface area contributed by atoms with Crippen LogP contribution < -0.4 is 5.32 Å². The minimum atomic E-state index is 0.706. The molecular formula is C18H28N2. The number of rotatable bonds is 7. The molecule has 1 aromatic rings. The lowest BCUT2D eigenvalue weighted by molar-refractivity contribution is 0.273. The molecule has 0 spiro atoms. The third kappa shape index (κ3) is 3.41. The smallest absolute Gasteiger partial charge is 0.0270 e. The van der Waals surface area contributed by atoms with Crippen LogP contribution in [-0.2, 0) is 6.42 Å². The van der Waals surface area contributed by atoms with Crippen molar-refractivity contribution in [3.8, 4) is 0 Å². The van der Waals surface area contributed by atoms with Crippen LogP contribution in [-0.4, -0.2) is 17.6 Å². The van der Waals surface area contributed by atoms with Crippen LogP contribution >= 0.6 is 0 Å². The second kappa shape index (κ2) is 6.71. The Labute approximate surface area is 123 Å². The number of aromatic nitrogens is 1. The Morgan fingerprint density at radius 2 is 2.10 bits per heavy atom. The first-order valence-corrected chi connectivity index (χ1v) is 8.47. The summed E-state index contributed by atoms with van der Waals surface area (Å²) in [6, 6.07) is 5.01. The standard InChI is InChI=1S/C18H28N2/c1-2-20-18(6-4-14-7-9-19-10-8-14)13-17-12-15-3-5-16(17)11-15/h7-10,15-18,20H,2-6,11-13H2,1H3. The summed E-state index contributed by atoms with van der Waals surface area (Å²) in [7, 11) is 0. The van der Waals surface area contributed by atoms with Gasteiger partial charge in [-0.2, -0.15) is 0 Å². The van der Waals surface area contributed by atoms with Crippen LogP contribution in [0, 0.1) is 17.8 Å². The van der Waals surface area contributed by atoms with E-state index < -0.39 is 0 Å². The van der Waals surface area contributed by atoms with Gasteiger partial charge < -0.3 is 5.32 Å². The Morgan fingerprint density at radius 3 is 2.75 bits per heavy atom. The molecule has 2 aliphatic rings. The second-order valence-electron chi connectivity index (χ2n) is 6.82. The molecule has 4 atom stereocenters. The van der Waals surface area contributed by atoms with E-state index in [0.717, 1.165) is 24.3 Å². The van der Waals surface area contributed by atoms with E-state index in [1.807, 2.05) is 12.4 Å². The molecule has 4 unspecified atom stereocenters. The quantitative estimate of drug-likeness (QED) is 0.816. The lowest BCUT2D eigenvalue weighted by Crippen LogP contribution is -2.32. The molecule has 1 N–H and O–H groups in total. The molecule has 0 aliphatic heterocycles. The Bertz CT molecular complexity index is 403. The van der Waals surface area contributed by atoms with Gasteiger partial charge in [0, 0.05) is 18.4 Å². The average molecular weight is 272 g/mol. The third-order valence-corrected chi connectivity index (χ3v) is 5.50. The highest BCUT2D eigenvalue weighted by atomic mass is 14.9. The predicted octanol–water partition coefficient (Wildman–Crippen LogP) is 3.82. The van der Waals surface area contributed by atoms with Crippen LogP contribution in [0.5, 0.6) is 0 Å². The maximum atomic E-state index is 4.10. The van der Waals surface area contributed by atoms with E-state index in [9.17, 15) is 0 Å². The van der Waals surface area contributed by atoms with Crippen molar-refractivity contribution >= 4 is 0 Å². The Balaban J connectivity index is 1.50. The first-order chi connectivity index (χ1) is 9.85. The summed E-state index contributed by atoms with van der Waals surface area (Å²) >= 11 is 0. The van der Waals surface area contributed by atoms with Crippen molar-refractivity contribution in [1.82, 2.24) is 10.3 Å². The number of fused-ring (bicyclic) bond motifs is 2. The zero-order chi connectivity index (χ0) is 13.8. The summed E-state index contributed by atoms with van der Waals surface area (Å²) < 4.78 is 0. The van der Waals surface area contributed by atoms with Gasteiger partial charge in [0.25, 0.3) is 0 Å². The molecule has 0 saturated heterocycles. The third-order valence-electron chi connectivity index (χ3n) is 5.50. The summed E-state index contributed by atoms with van der Waals surface area (Å²) in [5.74, 6) is 3.14. The number of hydrogen-bond donors (Lipinski definition) is 1. The van der Waals surface area contributed by atoms with Crippen molar-refractivity contribution in [2.75, 3.05) is 6.54 Å². The van der Waals surface area contributed by atoms with Crippen molar-refractivity contribution in [3.63, 3.8) is 0 Å². The molecule has 0 aromatic carbocycles. The van der Waals surface area contributed by atoms with E-state index in [0.29, 0.717) is 6.04 Å². The summed E-state index contributed by atoms with van der Waals surface area (Å²) in [6.45, 7) is 3.34. The summed E-state index contributed by atoms with van der Waals surface area (Å²) in [5.41, 5.74) is 1.43. The highest BCUT2D eigenvalue weighted by molar-refractivity contribution is 5.10. The van der Waals surface area contributed by atoms with Crippen LogP contribution in [0.3, 0.4) is 0 Å². The fourth-order valence-electron chi connectivity index (χ4n) is 4.51. The molecule has 0 amide bonds. The minimum Gasteiger partial charge on any atom is -0.314 e. The largest absolute Gasteiger partial charge is 0.314 e. The van der Waals surface area contributed by atoms with Gasteiger partial charge >= 0.3 is 0 Å². The molecule has 2 nitrogen and oxygen atoms in total. The summed E-state index contributed by atoms with van der Waals surface area (Å²) in [4.78, 5) is 4.10.